The van der Waals surface area contributed by atoms with Crippen LogP contribution in [0.3, 0.4) is 0 Å². The predicted octanol–water partition coefficient (Wildman–Crippen LogP) is 0.412. The lowest BCUT2D eigenvalue weighted by Crippen LogP contribution is -2.44. The lowest BCUT2D eigenvalue weighted by atomic mass is 10.2. The third-order valence-corrected chi connectivity index (χ3v) is 4.26. The average Bonchev–Trinajstić information content (AvgIpc) is 2.47. The van der Waals surface area contributed by atoms with E-state index in [0.717, 1.165) is 16.3 Å². The fraction of sp³-hybridized carbons (Fsp3) is 0.500. The highest BCUT2D eigenvalue weighted by Gasteiger charge is 2.23. The molecule has 1 amide bonds. The van der Waals surface area contributed by atoms with Gasteiger partial charge in [0, 0.05) is 30.3 Å². The van der Waals surface area contributed by atoms with Gasteiger partial charge in [0.1, 0.15) is 0 Å². The van der Waals surface area contributed by atoms with E-state index in [1.165, 1.54) is 0 Å². The summed E-state index contributed by atoms with van der Waals surface area (Å²) >= 11 is 1.76. The van der Waals surface area contributed by atoms with Gasteiger partial charge < -0.3 is 15.1 Å². The topological polar surface area (TPSA) is 64.0 Å². The molecule has 110 valence electrons. The molecule has 2 rings (SSSR count). The van der Waals surface area contributed by atoms with Crippen molar-refractivity contribution in [3.8, 4) is 0 Å². The smallest absolute Gasteiger partial charge is 0.241 e. The van der Waals surface area contributed by atoms with Gasteiger partial charge in [0.05, 0.1) is 25.4 Å². The second-order valence-corrected chi connectivity index (χ2v) is 5.72. The molecule has 1 aliphatic heterocycles. The predicted molar refractivity (Wildman–Crippen MR) is 80.1 cm³/mol. The Morgan fingerprint density at radius 1 is 1.25 bits per heavy atom. The number of aliphatic hydroxyl groups excluding tert-OH is 2. The highest BCUT2D eigenvalue weighted by atomic mass is 32.2. The first kappa shape index (κ1) is 15.3. The van der Waals surface area contributed by atoms with E-state index in [1.807, 2.05) is 24.3 Å². The SMILES string of the molecule is O=C(CN(CCO)CCO)N1CCSc2ccccc21. The number of carbonyl (C=O) groups excluding carboxylic acids is 1. The summed E-state index contributed by atoms with van der Waals surface area (Å²) in [5, 5.41) is 18.0. The highest BCUT2D eigenvalue weighted by molar-refractivity contribution is 7.99. The molecule has 20 heavy (non-hydrogen) atoms. The van der Waals surface area contributed by atoms with Gasteiger partial charge in [0.15, 0.2) is 0 Å². The number of aliphatic hydroxyl groups is 2. The Kier molecular flexibility index (Phi) is 5.85. The van der Waals surface area contributed by atoms with E-state index in [2.05, 4.69) is 0 Å². The molecule has 1 aromatic rings. The minimum Gasteiger partial charge on any atom is -0.395 e. The number of nitrogens with zero attached hydrogens (tertiary/aromatic N) is 2. The van der Waals surface area contributed by atoms with Gasteiger partial charge in [-0.2, -0.15) is 0 Å². The number of benzene rings is 1. The van der Waals surface area contributed by atoms with Crippen molar-refractivity contribution in [2.75, 3.05) is 50.0 Å². The fourth-order valence-electron chi connectivity index (χ4n) is 2.26. The summed E-state index contributed by atoms with van der Waals surface area (Å²) in [6.07, 6.45) is 0. The lowest BCUT2D eigenvalue weighted by molar-refractivity contribution is -0.119. The quantitative estimate of drug-likeness (QED) is 0.796. The molecule has 0 unspecified atom stereocenters. The van der Waals surface area contributed by atoms with E-state index in [4.69, 9.17) is 10.2 Å². The van der Waals surface area contributed by atoms with Crippen molar-refractivity contribution in [1.82, 2.24) is 4.90 Å². The molecule has 0 saturated heterocycles. The molecule has 0 saturated carbocycles. The van der Waals surface area contributed by atoms with Gasteiger partial charge in [-0.05, 0) is 12.1 Å². The number of thioether (sulfide) groups is 1. The van der Waals surface area contributed by atoms with Gasteiger partial charge in [0.25, 0.3) is 0 Å². The molecule has 0 bridgehead atoms. The zero-order valence-corrected chi connectivity index (χ0v) is 12.2. The van der Waals surface area contributed by atoms with Crippen molar-refractivity contribution >= 4 is 23.4 Å². The van der Waals surface area contributed by atoms with Crippen LogP contribution in [0.2, 0.25) is 0 Å². The van der Waals surface area contributed by atoms with Gasteiger partial charge in [-0.25, -0.2) is 0 Å². The van der Waals surface area contributed by atoms with Crippen LogP contribution in [0.5, 0.6) is 0 Å². The Labute approximate surface area is 123 Å². The normalized spacial score (nSPS) is 14.4. The number of para-hydroxylation sites is 1. The Morgan fingerprint density at radius 3 is 2.65 bits per heavy atom. The summed E-state index contributed by atoms with van der Waals surface area (Å²) in [5.74, 6) is 0.905. The summed E-state index contributed by atoms with van der Waals surface area (Å²) in [5.41, 5.74) is 0.960. The number of fused-ring (bicyclic) bond motifs is 1. The van der Waals surface area contributed by atoms with Crippen LogP contribution in [0.15, 0.2) is 29.2 Å². The van der Waals surface area contributed by atoms with Gasteiger partial charge >= 0.3 is 0 Å². The summed E-state index contributed by atoms with van der Waals surface area (Å²) in [4.78, 5) is 17.1. The van der Waals surface area contributed by atoms with E-state index in [-0.39, 0.29) is 25.7 Å². The van der Waals surface area contributed by atoms with Crippen LogP contribution in [0.25, 0.3) is 0 Å². The summed E-state index contributed by atoms with van der Waals surface area (Å²) in [7, 11) is 0. The second-order valence-electron chi connectivity index (χ2n) is 4.58. The fourth-order valence-corrected chi connectivity index (χ4v) is 3.25. The van der Waals surface area contributed by atoms with E-state index in [0.29, 0.717) is 19.6 Å². The lowest BCUT2D eigenvalue weighted by Gasteiger charge is -2.31. The molecule has 5 nitrogen and oxygen atoms in total. The molecule has 0 aromatic heterocycles. The van der Waals surface area contributed by atoms with Crippen LogP contribution in [0.4, 0.5) is 5.69 Å². The van der Waals surface area contributed by atoms with E-state index in [1.54, 1.807) is 21.6 Å². The monoisotopic (exact) mass is 296 g/mol. The maximum atomic E-state index is 12.4. The third-order valence-electron chi connectivity index (χ3n) is 3.22. The summed E-state index contributed by atoms with van der Waals surface area (Å²) in [6, 6.07) is 7.90. The third kappa shape index (κ3) is 3.73. The minimum atomic E-state index is -0.0142. The Balaban J connectivity index is 2.06. The average molecular weight is 296 g/mol. The molecule has 2 N–H and O–H groups in total. The molecular weight excluding hydrogens is 276 g/mol. The molecule has 6 heteroatoms. The van der Waals surface area contributed by atoms with Crippen molar-refractivity contribution in [2.24, 2.45) is 0 Å². The molecular formula is C14H20N2O3S. The number of rotatable bonds is 6. The van der Waals surface area contributed by atoms with Crippen LogP contribution < -0.4 is 4.90 Å². The molecule has 0 atom stereocenters. The van der Waals surface area contributed by atoms with E-state index >= 15 is 0 Å². The number of hydrogen-bond acceptors (Lipinski definition) is 5. The second kappa shape index (κ2) is 7.64. The van der Waals surface area contributed by atoms with E-state index < -0.39 is 0 Å². The number of anilines is 1. The maximum Gasteiger partial charge on any atom is 0.241 e. The summed E-state index contributed by atoms with van der Waals surface area (Å²) < 4.78 is 0. The number of hydrogen-bond donors (Lipinski definition) is 2. The standard InChI is InChI=1S/C14H20N2O3S/c17-8-5-15(6-9-18)11-14(19)16-7-10-20-13-4-2-1-3-12(13)16/h1-4,17-18H,5-11H2. The first-order chi connectivity index (χ1) is 9.76. The largest absolute Gasteiger partial charge is 0.395 e. The van der Waals surface area contributed by atoms with E-state index in [9.17, 15) is 4.79 Å². The van der Waals surface area contributed by atoms with Crippen molar-refractivity contribution < 1.29 is 15.0 Å². The van der Waals surface area contributed by atoms with Crippen LogP contribution in [0.1, 0.15) is 0 Å². The van der Waals surface area contributed by atoms with Gasteiger partial charge in [-0.1, -0.05) is 12.1 Å². The maximum absolute atomic E-state index is 12.4. The van der Waals surface area contributed by atoms with Gasteiger partial charge in [-0.3, -0.25) is 9.69 Å². The molecule has 1 aromatic carbocycles. The molecule has 0 spiro atoms. The van der Waals surface area contributed by atoms with Crippen molar-refractivity contribution in [1.29, 1.82) is 0 Å². The molecule has 0 fully saturated rings. The molecule has 0 radical (unpaired) electrons. The van der Waals surface area contributed by atoms with Crippen LogP contribution in [-0.4, -0.2) is 66.2 Å². The molecule has 1 aliphatic rings. The molecule has 1 heterocycles. The Morgan fingerprint density at radius 2 is 1.95 bits per heavy atom. The number of amides is 1. The minimum absolute atomic E-state index is 0.0136. The van der Waals surface area contributed by atoms with Crippen LogP contribution >= 0.6 is 11.8 Å². The summed E-state index contributed by atoms with van der Waals surface area (Å²) in [6.45, 7) is 1.69. The van der Waals surface area contributed by atoms with Gasteiger partial charge in [0.2, 0.25) is 5.91 Å². The Bertz CT molecular complexity index is 450. The first-order valence-corrected chi connectivity index (χ1v) is 7.71. The first-order valence-electron chi connectivity index (χ1n) is 6.72. The Hall–Kier alpha value is -1.08. The van der Waals surface area contributed by atoms with Gasteiger partial charge in [-0.15, -0.1) is 11.8 Å². The molecule has 0 aliphatic carbocycles. The van der Waals surface area contributed by atoms with Crippen molar-refractivity contribution in [2.45, 2.75) is 4.90 Å². The zero-order chi connectivity index (χ0) is 14.4. The van der Waals surface area contributed by atoms with Crippen LogP contribution in [0, 0.1) is 0 Å². The van der Waals surface area contributed by atoms with Crippen molar-refractivity contribution in [3.63, 3.8) is 0 Å². The number of carbonyl (C=O) groups is 1. The van der Waals surface area contributed by atoms with Crippen LogP contribution in [-0.2, 0) is 4.79 Å². The van der Waals surface area contributed by atoms with Crippen molar-refractivity contribution in [3.05, 3.63) is 24.3 Å². The highest BCUT2D eigenvalue weighted by Crippen LogP contribution is 2.34. The zero-order valence-electron chi connectivity index (χ0n) is 11.4.